The molecular formula is C26H27F3N2O6. The second-order valence-corrected chi connectivity index (χ2v) is 9.69. The second kappa shape index (κ2) is 9.23. The van der Waals surface area contributed by atoms with Crippen LogP contribution in [0, 0.1) is 5.82 Å². The third-order valence-electron chi connectivity index (χ3n) is 7.08. The first kappa shape index (κ1) is 25.4. The Hall–Kier alpha value is -3.28. The van der Waals surface area contributed by atoms with Gasteiger partial charge in [-0.25, -0.2) is 4.39 Å². The number of nitrogens with one attached hydrogen (secondary N) is 1. The lowest BCUT2D eigenvalue weighted by molar-refractivity contribution is -0.286. The number of hydrogen-bond donors (Lipinski definition) is 4. The van der Waals surface area contributed by atoms with Crippen LogP contribution in [0.4, 0.5) is 18.9 Å². The van der Waals surface area contributed by atoms with Gasteiger partial charge in [0.2, 0.25) is 5.91 Å². The molecule has 1 fully saturated rings. The van der Waals surface area contributed by atoms with E-state index in [0.717, 1.165) is 5.69 Å². The maximum atomic E-state index is 15.2. The summed E-state index contributed by atoms with van der Waals surface area (Å²) < 4.78 is 52.7. The lowest BCUT2D eigenvalue weighted by Gasteiger charge is -2.18. The maximum absolute atomic E-state index is 15.2. The van der Waals surface area contributed by atoms with Crippen molar-refractivity contribution in [2.24, 2.45) is 0 Å². The summed E-state index contributed by atoms with van der Waals surface area (Å²) in [5, 5.41) is 32.0. The van der Waals surface area contributed by atoms with Crippen molar-refractivity contribution in [3.63, 3.8) is 0 Å². The smallest absolute Gasteiger partial charge is 0.396 e. The second-order valence-electron chi connectivity index (χ2n) is 9.69. The van der Waals surface area contributed by atoms with Gasteiger partial charge in [-0.15, -0.1) is 8.78 Å². The molecule has 37 heavy (non-hydrogen) atoms. The quantitative estimate of drug-likeness (QED) is 0.343. The average molecular weight is 521 g/mol. The molecule has 1 aliphatic carbocycles. The molecule has 0 spiro atoms. The highest BCUT2D eigenvalue weighted by Crippen LogP contribution is 2.52. The summed E-state index contributed by atoms with van der Waals surface area (Å²) in [5.41, 5.74) is 0.638. The van der Waals surface area contributed by atoms with Gasteiger partial charge in [-0.05, 0) is 55.0 Å². The standard InChI is InChI=1S/C26H27F3N2O6/c1-14(4-7-32)20-9-15-8-19(18(27)11-21(15)31(20)12-17(34)13-33)30-24(35)25(5-6-25)16-2-3-22-23(10-16)37-26(28,29)36-22/h2-3,8-11,14,17,32-34H,4-7,12-13H2,1H3,(H,30,35)/t14-,17?/m1/s1. The van der Waals surface area contributed by atoms with Crippen molar-refractivity contribution in [3.8, 4) is 11.5 Å². The third kappa shape index (κ3) is 4.62. The van der Waals surface area contributed by atoms with Gasteiger partial charge < -0.3 is 34.7 Å². The Morgan fingerprint density at radius 1 is 1.14 bits per heavy atom. The Morgan fingerprint density at radius 2 is 1.86 bits per heavy atom. The predicted octanol–water partition coefficient (Wildman–Crippen LogP) is 3.61. The summed E-state index contributed by atoms with van der Waals surface area (Å²) in [6.07, 6.45) is -3.47. The molecule has 0 saturated heterocycles. The number of ether oxygens (including phenoxy) is 2. The lowest BCUT2D eigenvalue weighted by Crippen LogP contribution is -2.28. The van der Waals surface area contributed by atoms with Gasteiger partial charge in [-0.3, -0.25) is 4.79 Å². The van der Waals surface area contributed by atoms with Crippen molar-refractivity contribution in [2.45, 2.75) is 56.5 Å². The van der Waals surface area contributed by atoms with Gasteiger partial charge >= 0.3 is 6.29 Å². The van der Waals surface area contributed by atoms with Crippen LogP contribution in [0.25, 0.3) is 10.9 Å². The monoisotopic (exact) mass is 520 g/mol. The molecule has 1 aromatic heterocycles. The Bertz CT molecular complexity index is 1350. The van der Waals surface area contributed by atoms with E-state index in [2.05, 4.69) is 14.8 Å². The summed E-state index contributed by atoms with van der Waals surface area (Å²) >= 11 is 0. The number of fused-ring (bicyclic) bond motifs is 2. The van der Waals surface area contributed by atoms with E-state index in [0.29, 0.717) is 35.7 Å². The van der Waals surface area contributed by atoms with Crippen LogP contribution in [0.2, 0.25) is 0 Å². The fourth-order valence-corrected chi connectivity index (χ4v) is 4.88. The van der Waals surface area contributed by atoms with Crippen molar-refractivity contribution in [1.82, 2.24) is 4.57 Å². The first-order valence-electron chi connectivity index (χ1n) is 12.0. The van der Waals surface area contributed by atoms with Crippen LogP contribution in [-0.2, 0) is 16.8 Å². The molecule has 0 radical (unpaired) electrons. The first-order chi connectivity index (χ1) is 17.6. The molecule has 2 aromatic carbocycles. The zero-order valence-corrected chi connectivity index (χ0v) is 20.0. The van der Waals surface area contributed by atoms with Gasteiger partial charge in [0, 0.05) is 23.8 Å². The van der Waals surface area contributed by atoms with E-state index in [-0.39, 0.29) is 36.3 Å². The van der Waals surface area contributed by atoms with Crippen LogP contribution in [0.15, 0.2) is 36.4 Å². The molecule has 11 heteroatoms. The van der Waals surface area contributed by atoms with E-state index in [1.807, 2.05) is 6.92 Å². The number of nitrogens with zero attached hydrogens (tertiary/aromatic N) is 1. The molecule has 0 bridgehead atoms. The van der Waals surface area contributed by atoms with Crippen molar-refractivity contribution in [3.05, 3.63) is 53.5 Å². The molecule has 198 valence electrons. The molecule has 8 nitrogen and oxygen atoms in total. The number of aliphatic hydroxyl groups is 3. The Balaban J connectivity index is 1.44. The normalized spacial score (nSPS) is 18.6. The molecule has 1 saturated carbocycles. The van der Waals surface area contributed by atoms with Gasteiger partial charge in [0.05, 0.1) is 35.9 Å². The number of anilines is 1. The average Bonchev–Trinajstić information content (AvgIpc) is 3.51. The fraction of sp³-hybridized carbons (Fsp3) is 0.423. The summed E-state index contributed by atoms with van der Waals surface area (Å²) in [5.74, 6) is -1.56. The third-order valence-corrected chi connectivity index (χ3v) is 7.08. The van der Waals surface area contributed by atoms with Crippen LogP contribution in [0.5, 0.6) is 11.5 Å². The lowest BCUT2D eigenvalue weighted by atomic mass is 9.94. The number of amides is 1. The zero-order valence-electron chi connectivity index (χ0n) is 20.0. The van der Waals surface area contributed by atoms with Crippen LogP contribution < -0.4 is 14.8 Å². The highest BCUT2D eigenvalue weighted by Gasteiger charge is 2.53. The molecular weight excluding hydrogens is 493 g/mol. The molecule has 4 N–H and O–H groups in total. The van der Waals surface area contributed by atoms with Crippen molar-refractivity contribution < 1.29 is 42.8 Å². The highest BCUT2D eigenvalue weighted by molar-refractivity contribution is 6.02. The highest BCUT2D eigenvalue weighted by atomic mass is 19.3. The van der Waals surface area contributed by atoms with Crippen LogP contribution >= 0.6 is 0 Å². The minimum Gasteiger partial charge on any atom is -0.396 e. The summed E-state index contributed by atoms with van der Waals surface area (Å²) in [6.45, 7) is 1.40. The first-order valence-corrected chi connectivity index (χ1v) is 12.0. The molecule has 5 rings (SSSR count). The largest absolute Gasteiger partial charge is 0.586 e. The minimum atomic E-state index is -3.77. The number of aliphatic hydroxyl groups excluding tert-OH is 3. The van der Waals surface area contributed by atoms with Crippen LogP contribution in [-0.4, -0.2) is 51.4 Å². The van der Waals surface area contributed by atoms with E-state index in [1.54, 1.807) is 10.6 Å². The van der Waals surface area contributed by atoms with E-state index in [1.165, 1.54) is 30.3 Å². The number of halogens is 3. The molecule has 2 aliphatic rings. The van der Waals surface area contributed by atoms with E-state index in [4.69, 9.17) is 0 Å². The number of alkyl halides is 2. The topological polar surface area (TPSA) is 113 Å². The number of aromatic nitrogens is 1. The summed E-state index contributed by atoms with van der Waals surface area (Å²) in [4.78, 5) is 13.3. The van der Waals surface area contributed by atoms with Gasteiger partial charge in [-0.1, -0.05) is 13.0 Å². The Kier molecular flexibility index (Phi) is 6.33. The van der Waals surface area contributed by atoms with Gasteiger partial charge in [-0.2, -0.15) is 0 Å². The van der Waals surface area contributed by atoms with Gasteiger partial charge in [0.15, 0.2) is 11.5 Å². The van der Waals surface area contributed by atoms with E-state index in [9.17, 15) is 28.9 Å². The number of carbonyl (C=O) groups excluding carboxylic acids is 1. The number of benzene rings is 2. The predicted molar refractivity (Wildman–Crippen MR) is 127 cm³/mol. The van der Waals surface area contributed by atoms with Crippen molar-refractivity contribution >= 4 is 22.5 Å². The molecule has 1 aliphatic heterocycles. The molecule has 2 atom stereocenters. The summed E-state index contributed by atoms with van der Waals surface area (Å²) in [7, 11) is 0. The van der Waals surface area contributed by atoms with E-state index < -0.39 is 36.1 Å². The minimum absolute atomic E-state index is 0.0303. The zero-order chi connectivity index (χ0) is 26.5. The molecule has 1 unspecified atom stereocenters. The Morgan fingerprint density at radius 3 is 2.54 bits per heavy atom. The van der Waals surface area contributed by atoms with Gasteiger partial charge in [0.1, 0.15) is 5.82 Å². The van der Waals surface area contributed by atoms with Gasteiger partial charge in [0.25, 0.3) is 0 Å². The van der Waals surface area contributed by atoms with Crippen molar-refractivity contribution in [1.29, 1.82) is 0 Å². The summed E-state index contributed by atoms with van der Waals surface area (Å²) in [6, 6.07) is 8.76. The van der Waals surface area contributed by atoms with Crippen molar-refractivity contribution in [2.75, 3.05) is 18.5 Å². The molecule has 1 amide bonds. The van der Waals surface area contributed by atoms with Crippen LogP contribution in [0.1, 0.15) is 43.4 Å². The Labute approximate surface area is 210 Å². The van der Waals surface area contributed by atoms with E-state index >= 15 is 4.39 Å². The number of rotatable bonds is 9. The maximum Gasteiger partial charge on any atom is 0.586 e. The number of hydrogen-bond acceptors (Lipinski definition) is 6. The van der Waals surface area contributed by atoms with Crippen LogP contribution in [0.3, 0.4) is 0 Å². The molecule has 2 heterocycles. The molecule has 3 aromatic rings. The number of carbonyl (C=O) groups is 1. The SMILES string of the molecule is C[C@H](CCO)c1cc2cc(NC(=O)C3(c4ccc5c(c4)OC(F)(F)O5)CC3)c(F)cc2n1CC(O)CO. The fourth-order valence-electron chi connectivity index (χ4n) is 4.88.